The summed E-state index contributed by atoms with van der Waals surface area (Å²) in [6, 6.07) is 13.0. The lowest BCUT2D eigenvalue weighted by Gasteiger charge is -2.16. The van der Waals surface area contributed by atoms with Gasteiger partial charge in [0.1, 0.15) is 17.2 Å². The quantitative estimate of drug-likeness (QED) is 0.588. The number of aromatic nitrogens is 4. The summed E-state index contributed by atoms with van der Waals surface area (Å²) >= 11 is 0. The number of hydrogen-bond donors (Lipinski definition) is 2. The van der Waals surface area contributed by atoms with Crippen LogP contribution in [-0.2, 0) is 0 Å². The molecule has 3 aromatic heterocycles. The van der Waals surface area contributed by atoms with Crippen molar-refractivity contribution >= 4 is 17.2 Å². The number of imidazole rings is 1. The topological polar surface area (TPSA) is 81.1 Å². The van der Waals surface area contributed by atoms with Crippen molar-refractivity contribution in [1.29, 1.82) is 0 Å². The molecule has 0 radical (unpaired) electrons. The molecule has 26 heavy (non-hydrogen) atoms. The van der Waals surface area contributed by atoms with Crippen LogP contribution in [0.4, 0.5) is 15.9 Å². The van der Waals surface area contributed by atoms with Gasteiger partial charge in [-0.2, -0.15) is 0 Å². The smallest absolute Gasteiger partial charge is 0.180 e. The number of hydrogen-bond acceptors (Lipinski definition) is 5. The highest BCUT2D eigenvalue weighted by Crippen LogP contribution is 2.25. The minimum Gasteiger partial charge on any atom is -0.394 e. The van der Waals surface area contributed by atoms with Gasteiger partial charge in [-0.1, -0.05) is 30.3 Å². The second-order valence-corrected chi connectivity index (χ2v) is 5.99. The zero-order valence-electron chi connectivity index (χ0n) is 14.1. The van der Waals surface area contributed by atoms with Crippen molar-refractivity contribution in [3.05, 3.63) is 72.4 Å². The van der Waals surface area contributed by atoms with Gasteiger partial charge in [0.05, 0.1) is 24.1 Å². The average Bonchev–Trinajstić information content (AvgIpc) is 3.07. The fourth-order valence-corrected chi connectivity index (χ4v) is 2.78. The number of pyridine rings is 1. The Labute approximate surface area is 149 Å². The standard InChI is InChI=1S/C19H17FN6/c1-12(13-5-3-2-4-6-13)24-18-15(21)9-23-19(25-18)16-10-22-17-8-7-14(20)11-26(16)17/h2-12H,21H2,1H3,(H,23,24,25). The predicted molar refractivity (Wildman–Crippen MR) is 99.1 cm³/mol. The van der Waals surface area contributed by atoms with Gasteiger partial charge in [-0.3, -0.25) is 4.40 Å². The molecule has 0 fully saturated rings. The van der Waals surface area contributed by atoms with Crippen molar-refractivity contribution in [3.63, 3.8) is 0 Å². The van der Waals surface area contributed by atoms with E-state index in [1.54, 1.807) is 22.9 Å². The summed E-state index contributed by atoms with van der Waals surface area (Å²) in [7, 11) is 0. The van der Waals surface area contributed by atoms with Gasteiger partial charge in [0.25, 0.3) is 0 Å². The lowest BCUT2D eigenvalue weighted by molar-refractivity contribution is 0.619. The molecule has 0 spiro atoms. The van der Waals surface area contributed by atoms with Gasteiger partial charge in [0, 0.05) is 6.20 Å². The van der Waals surface area contributed by atoms with Gasteiger partial charge in [-0.25, -0.2) is 19.3 Å². The van der Waals surface area contributed by atoms with Crippen molar-refractivity contribution in [1.82, 2.24) is 19.4 Å². The van der Waals surface area contributed by atoms with Crippen LogP contribution in [0.1, 0.15) is 18.5 Å². The van der Waals surface area contributed by atoms with Crippen molar-refractivity contribution < 1.29 is 4.39 Å². The Bertz CT molecular complexity index is 1060. The molecular weight excluding hydrogens is 331 g/mol. The van der Waals surface area contributed by atoms with Crippen LogP contribution >= 0.6 is 0 Å². The third-order valence-corrected chi connectivity index (χ3v) is 4.17. The Balaban J connectivity index is 1.71. The summed E-state index contributed by atoms with van der Waals surface area (Å²) in [6.45, 7) is 2.03. The van der Waals surface area contributed by atoms with Gasteiger partial charge < -0.3 is 11.1 Å². The Hall–Kier alpha value is -3.48. The average molecular weight is 348 g/mol. The molecule has 7 heteroatoms. The molecule has 130 valence electrons. The monoisotopic (exact) mass is 348 g/mol. The van der Waals surface area contributed by atoms with Crippen LogP contribution in [0.25, 0.3) is 17.2 Å². The maximum Gasteiger partial charge on any atom is 0.180 e. The number of halogens is 1. The first-order valence-corrected chi connectivity index (χ1v) is 8.19. The molecular formula is C19H17FN6. The number of benzene rings is 1. The molecule has 0 saturated heterocycles. The van der Waals surface area contributed by atoms with Crippen molar-refractivity contribution in [3.8, 4) is 11.5 Å². The van der Waals surface area contributed by atoms with Crippen LogP contribution in [0, 0.1) is 5.82 Å². The number of anilines is 2. The van der Waals surface area contributed by atoms with E-state index in [0.29, 0.717) is 28.7 Å². The summed E-state index contributed by atoms with van der Waals surface area (Å²) in [4.78, 5) is 13.1. The van der Waals surface area contributed by atoms with E-state index in [-0.39, 0.29) is 11.9 Å². The number of rotatable bonds is 4. The third-order valence-electron chi connectivity index (χ3n) is 4.17. The Morgan fingerprint density at radius 1 is 1.08 bits per heavy atom. The normalized spacial score (nSPS) is 12.2. The van der Waals surface area contributed by atoms with Gasteiger partial charge >= 0.3 is 0 Å². The third kappa shape index (κ3) is 2.95. The van der Waals surface area contributed by atoms with Crippen LogP contribution in [0.2, 0.25) is 0 Å². The largest absolute Gasteiger partial charge is 0.394 e. The van der Waals surface area contributed by atoms with E-state index in [2.05, 4.69) is 20.3 Å². The molecule has 0 saturated carbocycles. The Morgan fingerprint density at radius 3 is 2.69 bits per heavy atom. The molecule has 1 aromatic carbocycles. The molecule has 0 aliphatic rings. The summed E-state index contributed by atoms with van der Waals surface area (Å²) in [5.41, 5.74) is 8.80. The first kappa shape index (κ1) is 16.0. The van der Waals surface area contributed by atoms with E-state index in [1.807, 2.05) is 37.3 Å². The molecule has 0 bridgehead atoms. The maximum absolute atomic E-state index is 13.6. The molecule has 4 aromatic rings. The highest BCUT2D eigenvalue weighted by molar-refractivity contribution is 5.66. The number of nitrogens with one attached hydrogen (secondary N) is 1. The van der Waals surface area contributed by atoms with Crippen molar-refractivity contribution in [2.75, 3.05) is 11.1 Å². The number of fused-ring (bicyclic) bond motifs is 1. The highest BCUT2D eigenvalue weighted by atomic mass is 19.1. The first-order valence-electron chi connectivity index (χ1n) is 8.19. The number of nitrogens with two attached hydrogens (primary N) is 1. The van der Waals surface area contributed by atoms with E-state index >= 15 is 0 Å². The van der Waals surface area contributed by atoms with E-state index < -0.39 is 0 Å². The van der Waals surface area contributed by atoms with E-state index in [4.69, 9.17) is 5.73 Å². The zero-order chi connectivity index (χ0) is 18.1. The summed E-state index contributed by atoms with van der Waals surface area (Å²) < 4.78 is 15.2. The molecule has 3 heterocycles. The fraction of sp³-hybridized carbons (Fsp3) is 0.105. The fourth-order valence-electron chi connectivity index (χ4n) is 2.78. The minimum absolute atomic E-state index is 0.0147. The lowest BCUT2D eigenvalue weighted by atomic mass is 10.1. The molecule has 0 amide bonds. The molecule has 0 aliphatic carbocycles. The van der Waals surface area contributed by atoms with Gasteiger partial charge in [0.2, 0.25) is 0 Å². The van der Waals surface area contributed by atoms with Crippen LogP contribution in [0.15, 0.2) is 61.1 Å². The first-order chi connectivity index (χ1) is 12.6. The van der Waals surface area contributed by atoms with Crippen LogP contribution in [-0.4, -0.2) is 19.4 Å². The van der Waals surface area contributed by atoms with Gasteiger partial charge in [0.15, 0.2) is 11.6 Å². The van der Waals surface area contributed by atoms with E-state index in [1.165, 1.54) is 12.3 Å². The molecule has 1 atom stereocenters. The summed E-state index contributed by atoms with van der Waals surface area (Å²) in [6.07, 6.45) is 4.52. The Morgan fingerprint density at radius 2 is 1.88 bits per heavy atom. The second kappa shape index (κ2) is 6.44. The predicted octanol–water partition coefficient (Wildman–Crippen LogP) is 3.69. The zero-order valence-corrected chi connectivity index (χ0v) is 14.1. The summed E-state index contributed by atoms with van der Waals surface area (Å²) in [5, 5.41) is 3.31. The number of nitrogen functional groups attached to an aromatic ring is 1. The number of nitrogens with zero attached hydrogens (tertiary/aromatic N) is 4. The van der Waals surface area contributed by atoms with E-state index in [0.717, 1.165) is 5.56 Å². The minimum atomic E-state index is -0.358. The highest BCUT2D eigenvalue weighted by Gasteiger charge is 2.14. The molecule has 3 N–H and O–H groups in total. The van der Waals surface area contributed by atoms with Gasteiger partial charge in [-0.05, 0) is 24.6 Å². The second-order valence-electron chi connectivity index (χ2n) is 5.99. The van der Waals surface area contributed by atoms with Crippen molar-refractivity contribution in [2.45, 2.75) is 13.0 Å². The van der Waals surface area contributed by atoms with Crippen LogP contribution < -0.4 is 11.1 Å². The van der Waals surface area contributed by atoms with Crippen LogP contribution in [0.5, 0.6) is 0 Å². The molecule has 4 rings (SSSR count). The molecule has 1 unspecified atom stereocenters. The SMILES string of the molecule is CC(Nc1nc(-c2cnc3ccc(F)cn23)ncc1N)c1ccccc1. The molecule has 0 aliphatic heterocycles. The van der Waals surface area contributed by atoms with E-state index in [9.17, 15) is 4.39 Å². The lowest BCUT2D eigenvalue weighted by Crippen LogP contribution is -2.11. The summed E-state index contributed by atoms with van der Waals surface area (Å²) in [5.74, 6) is 0.584. The molecule has 6 nitrogen and oxygen atoms in total. The maximum atomic E-state index is 13.6. The van der Waals surface area contributed by atoms with Crippen LogP contribution in [0.3, 0.4) is 0 Å². The van der Waals surface area contributed by atoms with Crippen molar-refractivity contribution in [2.24, 2.45) is 0 Å². The Kier molecular flexibility index (Phi) is 3.96. The van der Waals surface area contributed by atoms with Gasteiger partial charge in [-0.15, -0.1) is 0 Å².